The van der Waals surface area contributed by atoms with Gasteiger partial charge in [-0.15, -0.1) is 0 Å². The average molecular weight is 401 g/mol. The van der Waals surface area contributed by atoms with Crippen LogP contribution < -0.4 is 0 Å². The Morgan fingerprint density at radius 1 is 1.00 bits per heavy atom. The third kappa shape index (κ3) is 4.28. The van der Waals surface area contributed by atoms with E-state index >= 15 is 0 Å². The van der Waals surface area contributed by atoms with Crippen LogP contribution in [0, 0.1) is 34.0 Å². The lowest BCUT2D eigenvalue weighted by Crippen LogP contribution is -2.57. The predicted octanol–water partition coefficient (Wildman–Crippen LogP) is 8.09. The quantitative estimate of drug-likeness (QED) is 0.473. The Balaban J connectivity index is 1.77. The molecular formula is C28H48O. The van der Waals surface area contributed by atoms with E-state index in [1.807, 2.05) is 0 Å². The molecule has 0 aromatic heterocycles. The second kappa shape index (κ2) is 7.85. The third-order valence-electron chi connectivity index (χ3n) is 9.65. The minimum atomic E-state index is -0.520. The predicted molar refractivity (Wildman–Crippen MR) is 126 cm³/mol. The molecule has 1 nitrogen and oxygen atoms in total. The molecule has 0 aromatic rings. The molecule has 29 heavy (non-hydrogen) atoms. The molecule has 0 bridgehead atoms. The summed E-state index contributed by atoms with van der Waals surface area (Å²) in [6.07, 6.45) is 14.6. The van der Waals surface area contributed by atoms with E-state index in [9.17, 15) is 5.11 Å². The first-order chi connectivity index (χ1) is 13.3. The number of allylic oxidation sites excluding steroid dienone is 3. The fraction of sp³-hybridized carbons (Fsp3) is 0.857. The molecule has 5 atom stereocenters. The zero-order valence-corrected chi connectivity index (χ0v) is 20.5. The van der Waals surface area contributed by atoms with Gasteiger partial charge in [-0.05, 0) is 99.7 Å². The standard InChI is InChI=1S/C28H48O/c1-20(24-21(2)13-10-16-26(24,5)6)12-9-14-23-27(7)18-11-17-25(3,4)22(27)15-19-28(23,8)29/h12,22-24,29H,2,9-11,13-19H2,1,3-8H3. The molecule has 3 fully saturated rings. The van der Waals surface area contributed by atoms with Crippen molar-refractivity contribution in [1.29, 1.82) is 0 Å². The van der Waals surface area contributed by atoms with Crippen molar-refractivity contribution in [3.05, 3.63) is 23.8 Å². The number of hydrogen-bond donors (Lipinski definition) is 1. The smallest absolute Gasteiger partial charge is 0.0653 e. The van der Waals surface area contributed by atoms with Crippen molar-refractivity contribution < 1.29 is 5.11 Å². The summed E-state index contributed by atoms with van der Waals surface area (Å²) in [5.41, 5.74) is 3.45. The highest BCUT2D eigenvalue weighted by atomic mass is 16.3. The van der Waals surface area contributed by atoms with E-state index in [1.165, 1.54) is 56.1 Å². The SMILES string of the molecule is C=C1CCCC(C)(C)C1C(C)=CCCC1C(C)(O)CCC2C(C)(C)CCCC21C. The lowest BCUT2D eigenvalue weighted by molar-refractivity contribution is -0.168. The van der Waals surface area contributed by atoms with Crippen molar-refractivity contribution in [2.75, 3.05) is 0 Å². The zero-order valence-electron chi connectivity index (χ0n) is 20.5. The van der Waals surface area contributed by atoms with Crippen LogP contribution >= 0.6 is 0 Å². The first-order valence-corrected chi connectivity index (χ1v) is 12.4. The number of fused-ring (bicyclic) bond motifs is 1. The molecule has 0 heterocycles. The molecule has 0 radical (unpaired) electrons. The van der Waals surface area contributed by atoms with Crippen LogP contribution in [0.2, 0.25) is 0 Å². The van der Waals surface area contributed by atoms with Gasteiger partial charge < -0.3 is 5.11 Å². The summed E-state index contributed by atoms with van der Waals surface area (Å²) in [5, 5.41) is 11.4. The highest BCUT2D eigenvalue weighted by molar-refractivity contribution is 5.23. The third-order valence-corrected chi connectivity index (χ3v) is 9.65. The van der Waals surface area contributed by atoms with Gasteiger partial charge >= 0.3 is 0 Å². The Morgan fingerprint density at radius 3 is 2.31 bits per heavy atom. The van der Waals surface area contributed by atoms with Gasteiger partial charge in [0.25, 0.3) is 0 Å². The Labute approximate surface area is 181 Å². The van der Waals surface area contributed by atoms with Gasteiger partial charge in [0.1, 0.15) is 0 Å². The lowest BCUT2D eigenvalue weighted by atomic mass is 9.45. The Hall–Kier alpha value is -0.560. The van der Waals surface area contributed by atoms with Gasteiger partial charge in [-0.1, -0.05) is 64.8 Å². The van der Waals surface area contributed by atoms with E-state index in [-0.39, 0.29) is 5.41 Å². The molecule has 3 saturated carbocycles. The van der Waals surface area contributed by atoms with Gasteiger partial charge in [0, 0.05) is 5.92 Å². The summed E-state index contributed by atoms with van der Waals surface area (Å²) in [4.78, 5) is 0. The van der Waals surface area contributed by atoms with Crippen LogP contribution in [0.15, 0.2) is 23.8 Å². The molecule has 3 rings (SSSR count). The van der Waals surface area contributed by atoms with Crippen molar-refractivity contribution in [2.45, 2.75) is 118 Å². The lowest BCUT2D eigenvalue weighted by Gasteiger charge is -2.61. The molecule has 0 saturated heterocycles. The maximum Gasteiger partial charge on any atom is 0.0653 e. The van der Waals surface area contributed by atoms with Crippen LogP contribution in [0.4, 0.5) is 0 Å². The normalized spacial score (nSPS) is 42.4. The first kappa shape index (κ1) is 23.1. The van der Waals surface area contributed by atoms with Gasteiger partial charge in [0.2, 0.25) is 0 Å². The van der Waals surface area contributed by atoms with Crippen LogP contribution in [0.25, 0.3) is 0 Å². The minimum absolute atomic E-state index is 0.277. The Bertz CT molecular complexity index is 649. The van der Waals surface area contributed by atoms with E-state index in [0.29, 0.717) is 22.7 Å². The van der Waals surface area contributed by atoms with Gasteiger partial charge in [-0.25, -0.2) is 0 Å². The summed E-state index contributed by atoms with van der Waals surface area (Å²) in [6, 6.07) is 0. The summed E-state index contributed by atoms with van der Waals surface area (Å²) < 4.78 is 0. The van der Waals surface area contributed by atoms with Gasteiger partial charge in [-0.2, -0.15) is 0 Å². The van der Waals surface area contributed by atoms with Crippen molar-refractivity contribution in [1.82, 2.24) is 0 Å². The van der Waals surface area contributed by atoms with E-state index in [2.05, 4.69) is 61.1 Å². The minimum Gasteiger partial charge on any atom is -0.390 e. The number of aliphatic hydroxyl groups is 1. The van der Waals surface area contributed by atoms with Crippen LogP contribution in [-0.4, -0.2) is 10.7 Å². The molecule has 166 valence electrons. The molecule has 0 spiro atoms. The monoisotopic (exact) mass is 400 g/mol. The van der Waals surface area contributed by atoms with E-state index in [0.717, 1.165) is 25.2 Å². The summed E-state index contributed by atoms with van der Waals surface area (Å²) in [5.74, 6) is 1.68. The van der Waals surface area contributed by atoms with Crippen LogP contribution in [0.5, 0.6) is 0 Å². The first-order valence-electron chi connectivity index (χ1n) is 12.4. The van der Waals surface area contributed by atoms with Crippen molar-refractivity contribution in [2.24, 2.45) is 34.0 Å². The van der Waals surface area contributed by atoms with E-state index in [4.69, 9.17) is 0 Å². The maximum atomic E-state index is 11.4. The van der Waals surface area contributed by atoms with Crippen molar-refractivity contribution in [3.8, 4) is 0 Å². The molecule has 3 aliphatic carbocycles. The zero-order chi connectivity index (χ0) is 21.7. The number of hydrogen-bond acceptors (Lipinski definition) is 1. The highest BCUT2D eigenvalue weighted by Crippen LogP contribution is 2.63. The molecular weight excluding hydrogens is 352 g/mol. The second-order valence-electron chi connectivity index (χ2n) is 12.8. The molecule has 0 aromatic carbocycles. The van der Waals surface area contributed by atoms with Gasteiger partial charge in [0.15, 0.2) is 0 Å². The summed E-state index contributed by atoms with van der Waals surface area (Å²) in [6.45, 7) is 21.2. The van der Waals surface area contributed by atoms with Crippen molar-refractivity contribution >= 4 is 0 Å². The van der Waals surface area contributed by atoms with E-state index in [1.54, 1.807) is 0 Å². The van der Waals surface area contributed by atoms with Crippen LogP contribution in [-0.2, 0) is 0 Å². The maximum absolute atomic E-state index is 11.4. The fourth-order valence-electron chi connectivity index (χ4n) is 8.41. The summed E-state index contributed by atoms with van der Waals surface area (Å²) in [7, 11) is 0. The molecule has 3 aliphatic rings. The molecule has 0 aliphatic heterocycles. The largest absolute Gasteiger partial charge is 0.390 e. The topological polar surface area (TPSA) is 20.2 Å². The molecule has 0 amide bonds. The van der Waals surface area contributed by atoms with E-state index < -0.39 is 5.60 Å². The van der Waals surface area contributed by atoms with Gasteiger partial charge in [0.05, 0.1) is 5.60 Å². The average Bonchev–Trinajstić information content (AvgIpc) is 2.55. The highest BCUT2D eigenvalue weighted by Gasteiger charge is 2.57. The van der Waals surface area contributed by atoms with Crippen molar-refractivity contribution in [3.63, 3.8) is 0 Å². The Kier molecular flexibility index (Phi) is 6.25. The van der Waals surface area contributed by atoms with Crippen LogP contribution in [0.3, 0.4) is 0 Å². The summed E-state index contributed by atoms with van der Waals surface area (Å²) >= 11 is 0. The second-order valence-corrected chi connectivity index (χ2v) is 12.8. The fourth-order valence-corrected chi connectivity index (χ4v) is 8.41. The van der Waals surface area contributed by atoms with Crippen LogP contribution in [0.1, 0.15) is 113 Å². The Morgan fingerprint density at radius 2 is 1.66 bits per heavy atom. The van der Waals surface area contributed by atoms with Gasteiger partial charge in [-0.3, -0.25) is 0 Å². The molecule has 1 heteroatoms. The molecule has 1 N–H and O–H groups in total. The molecule has 5 unspecified atom stereocenters. The number of rotatable bonds is 4.